The molecule has 0 saturated carbocycles. The predicted molar refractivity (Wildman–Crippen MR) is 112 cm³/mol. The van der Waals surface area contributed by atoms with Crippen LogP contribution in [-0.2, 0) is 9.47 Å². The Kier molecular flexibility index (Phi) is 18.0. The lowest BCUT2D eigenvalue weighted by Gasteiger charge is -2.19. The van der Waals surface area contributed by atoms with E-state index < -0.39 is 24.5 Å². The predicted octanol–water partition coefficient (Wildman–Crippen LogP) is 1.28. The third kappa shape index (κ3) is 16.8. The summed E-state index contributed by atoms with van der Waals surface area (Å²) < 4.78 is 10.0. The average molecular weight is 441 g/mol. The SMILES string of the molecule is CN/N=C/CCCNC(=O)OCCCCCOC(=O)N[C@H](CSSC)C(O)O. The Morgan fingerprint density at radius 2 is 1.79 bits per heavy atom. The lowest BCUT2D eigenvalue weighted by molar-refractivity contribution is -0.0604. The van der Waals surface area contributed by atoms with Crippen molar-refractivity contribution in [3.8, 4) is 0 Å². The maximum Gasteiger partial charge on any atom is 0.407 e. The molecule has 0 aromatic heterocycles. The van der Waals surface area contributed by atoms with Crippen LogP contribution in [0.2, 0.25) is 0 Å². The zero-order valence-corrected chi connectivity index (χ0v) is 18.0. The number of hydrogen-bond donors (Lipinski definition) is 5. The molecule has 0 spiro atoms. The first kappa shape index (κ1) is 26.6. The number of rotatable bonds is 16. The molecule has 0 heterocycles. The van der Waals surface area contributed by atoms with Crippen LogP contribution in [0.5, 0.6) is 0 Å². The summed E-state index contributed by atoms with van der Waals surface area (Å²) in [6.07, 6.45) is 4.39. The number of aliphatic hydroxyl groups excluding tert-OH is 1. The summed E-state index contributed by atoms with van der Waals surface area (Å²) in [5.74, 6) is 0.358. The third-order valence-electron chi connectivity index (χ3n) is 3.28. The van der Waals surface area contributed by atoms with E-state index in [2.05, 4.69) is 21.2 Å². The van der Waals surface area contributed by atoms with E-state index in [9.17, 15) is 19.8 Å². The molecule has 0 aliphatic rings. The lowest BCUT2D eigenvalue weighted by Crippen LogP contribution is -2.45. The molecule has 164 valence electrons. The molecule has 0 aliphatic heterocycles. The largest absolute Gasteiger partial charge is 0.450 e. The van der Waals surface area contributed by atoms with E-state index in [1.54, 1.807) is 13.3 Å². The van der Waals surface area contributed by atoms with Gasteiger partial charge in [0.2, 0.25) is 0 Å². The molecule has 0 aliphatic carbocycles. The Labute approximate surface area is 174 Å². The van der Waals surface area contributed by atoms with Crippen LogP contribution in [0.25, 0.3) is 0 Å². The zero-order valence-electron chi connectivity index (χ0n) is 16.4. The molecule has 0 aromatic rings. The molecule has 0 rings (SSSR count). The van der Waals surface area contributed by atoms with Crippen LogP contribution in [0.3, 0.4) is 0 Å². The highest BCUT2D eigenvalue weighted by molar-refractivity contribution is 8.76. The number of ether oxygens (including phenoxy) is 2. The van der Waals surface area contributed by atoms with Crippen LogP contribution in [0.4, 0.5) is 9.59 Å². The highest BCUT2D eigenvalue weighted by Gasteiger charge is 2.19. The smallest absolute Gasteiger partial charge is 0.407 e. The van der Waals surface area contributed by atoms with Gasteiger partial charge < -0.3 is 35.7 Å². The topological polar surface area (TPSA) is 142 Å². The fraction of sp³-hybridized carbons (Fsp3) is 0.812. The Morgan fingerprint density at radius 3 is 2.39 bits per heavy atom. The maximum atomic E-state index is 11.6. The summed E-state index contributed by atoms with van der Waals surface area (Å²) in [6, 6.07) is -0.785. The second-order valence-corrected chi connectivity index (χ2v) is 8.16. The molecule has 5 N–H and O–H groups in total. The molecule has 0 radical (unpaired) electrons. The monoisotopic (exact) mass is 440 g/mol. The van der Waals surface area contributed by atoms with E-state index >= 15 is 0 Å². The van der Waals surface area contributed by atoms with Crippen molar-refractivity contribution in [2.45, 2.75) is 44.4 Å². The van der Waals surface area contributed by atoms with E-state index in [4.69, 9.17) is 9.47 Å². The number of carbonyl (C=O) groups excluding carboxylic acids is 2. The summed E-state index contributed by atoms with van der Waals surface area (Å²) in [6.45, 7) is 1.02. The molecule has 0 unspecified atom stereocenters. The highest BCUT2D eigenvalue weighted by Crippen LogP contribution is 2.18. The van der Waals surface area contributed by atoms with E-state index in [0.717, 1.165) is 19.3 Å². The molecule has 2 amide bonds. The summed E-state index contributed by atoms with van der Waals surface area (Å²) in [7, 11) is 4.60. The second kappa shape index (κ2) is 19.0. The van der Waals surface area contributed by atoms with Crippen LogP contribution in [0.1, 0.15) is 32.1 Å². The number of alkyl carbamates (subject to hydrolysis) is 2. The zero-order chi connectivity index (χ0) is 21.0. The minimum Gasteiger partial charge on any atom is -0.450 e. The molecule has 10 nitrogen and oxygen atoms in total. The molecular formula is C16H32N4O6S2. The van der Waals surface area contributed by atoms with E-state index in [1.807, 2.05) is 6.26 Å². The van der Waals surface area contributed by atoms with E-state index in [1.165, 1.54) is 21.6 Å². The number of nitrogens with zero attached hydrogens (tertiary/aromatic N) is 1. The van der Waals surface area contributed by atoms with Gasteiger partial charge in [-0.15, -0.1) is 0 Å². The Balaban J connectivity index is 3.58. The molecule has 0 aromatic carbocycles. The Morgan fingerprint density at radius 1 is 1.11 bits per heavy atom. The van der Waals surface area contributed by atoms with Gasteiger partial charge in [0.05, 0.1) is 19.3 Å². The number of nitrogens with one attached hydrogen (secondary N) is 3. The van der Waals surface area contributed by atoms with Crippen molar-refractivity contribution in [1.29, 1.82) is 0 Å². The fourth-order valence-corrected chi connectivity index (χ4v) is 3.22. The number of hydrazone groups is 1. The van der Waals surface area contributed by atoms with Gasteiger partial charge in [-0.25, -0.2) is 9.59 Å². The molecular weight excluding hydrogens is 408 g/mol. The number of hydrogen-bond acceptors (Lipinski definition) is 10. The number of amides is 2. The van der Waals surface area contributed by atoms with E-state index in [0.29, 0.717) is 31.7 Å². The van der Waals surface area contributed by atoms with Crippen molar-refractivity contribution in [2.24, 2.45) is 5.10 Å². The summed E-state index contributed by atoms with van der Waals surface area (Å²) in [5.41, 5.74) is 2.65. The highest BCUT2D eigenvalue weighted by atomic mass is 33.1. The molecule has 0 fully saturated rings. The minimum atomic E-state index is -1.64. The minimum absolute atomic E-state index is 0.204. The van der Waals surface area contributed by atoms with Crippen molar-refractivity contribution >= 4 is 40.0 Å². The quantitative estimate of drug-likeness (QED) is 0.0789. The van der Waals surface area contributed by atoms with Crippen LogP contribution >= 0.6 is 21.6 Å². The van der Waals surface area contributed by atoms with Gasteiger partial charge in [0, 0.05) is 25.6 Å². The van der Waals surface area contributed by atoms with Crippen LogP contribution < -0.4 is 16.1 Å². The third-order valence-corrected chi connectivity index (χ3v) is 5.13. The van der Waals surface area contributed by atoms with Crippen molar-refractivity contribution in [3.63, 3.8) is 0 Å². The number of carbonyl (C=O) groups is 2. The van der Waals surface area contributed by atoms with Gasteiger partial charge in [0.25, 0.3) is 0 Å². The van der Waals surface area contributed by atoms with Crippen LogP contribution in [0, 0.1) is 0 Å². The van der Waals surface area contributed by atoms with Gasteiger partial charge >= 0.3 is 12.2 Å². The summed E-state index contributed by atoms with van der Waals surface area (Å²) >= 11 is 0. The molecule has 28 heavy (non-hydrogen) atoms. The number of aliphatic hydroxyl groups is 2. The van der Waals surface area contributed by atoms with Crippen LogP contribution in [0.15, 0.2) is 5.10 Å². The van der Waals surface area contributed by atoms with E-state index in [-0.39, 0.29) is 6.61 Å². The van der Waals surface area contributed by atoms with Crippen LogP contribution in [-0.4, -0.2) is 79.8 Å². The average Bonchev–Trinajstić information content (AvgIpc) is 2.66. The van der Waals surface area contributed by atoms with Crippen molar-refractivity contribution in [3.05, 3.63) is 0 Å². The fourth-order valence-electron chi connectivity index (χ4n) is 1.84. The van der Waals surface area contributed by atoms with Gasteiger partial charge in [-0.3, -0.25) is 0 Å². The van der Waals surface area contributed by atoms with Gasteiger partial charge in [0.15, 0.2) is 6.29 Å². The first-order valence-electron chi connectivity index (χ1n) is 9.05. The summed E-state index contributed by atoms with van der Waals surface area (Å²) in [5, 5.41) is 27.3. The maximum absolute atomic E-state index is 11.6. The van der Waals surface area contributed by atoms with Crippen molar-refractivity contribution < 1.29 is 29.3 Å². The number of unbranched alkanes of at least 4 members (excludes halogenated alkanes) is 3. The van der Waals surface area contributed by atoms with Gasteiger partial charge in [-0.2, -0.15) is 5.10 Å². The first-order chi connectivity index (χ1) is 13.5. The van der Waals surface area contributed by atoms with Gasteiger partial charge in [0.1, 0.15) is 0 Å². The van der Waals surface area contributed by atoms with Gasteiger partial charge in [-0.05, 0) is 38.4 Å². The Hall–Kier alpha value is -1.37. The summed E-state index contributed by atoms with van der Waals surface area (Å²) in [4.78, 5) is 23.1. The first-order valence-corrected chi connectivity index (χ1v) is 11.8. The lowest BCUT2D eigenvalue weighted by atomic mass is 10.2. The van der Waals surface area contributed by atoms with Crippen molar-refractivity contribution in [2.75, 3.05) is 38.8 Å². The molecule has 0 bridgehead atoms. The normalized spacial score (nSPS) is 12.0. The Bertz CT molecular complexity index is 443. The standard InChI is InChI=1S/C16H32N4O6S2/c1-17-19-9-5-4-8-18-15(23)25-10-6-3-7-11-26-16(24)20-13(14(21)22)12-28-27-2/h9,13-14,17,21-22H,3-8,10-12H2,1-2H3,(H,18,23)(H,20,24)/b19-9+/t13-/m1/s1. The van der Waals surface area contributed by atoms with Gasteiger partial charge in [-0.1, -0.05) is 21.6 Å². The van der Waals surface area contributed by atoms with Crippen molar-refractivity contribution in [1.82, 2.24) is 16.1 Å². The molecule has 1 atom stereocenters. The molecule has 12 heteroatoms. The second-order valence-electron chi connectivity index (χ2n) is 5.55. The molecule has 0 saturated heterocycles.